The van der Waals surface area contributed by atoms with Crippen LogP contribution in [0, 0.1) is 11.3 Å². The maximum atomic E-state index is 12.4. The summed E-state index contributed by atoms with van der Waals surface area (Å²) in [5, 5.41) is 16.8. The molecule has 0 unspecified atom stereocenters. The van der Waals surface area contributed by atoms with E-state index in [0.29, 0.717) is 5.91 Å². The highest BCUT2D eigenvalue weighted by Gasteiger charge is 2.35. The zero-order valence-electron chi connectivity index (χ0n) is 20.3. The molecule has 0 radical (unpaired) electrons. The summed E-state index contributed by atoms with van der Waals surface area (Å²) >= 11 is 0. The molecule has 186 valence electrons. The average Bonchev–Trinajstić information content (AvgIpc) is 3.64. The number of nitrogens with zero attached hydrogens (tertiary/aromatic N) is 4. The monoisotopic (exact) mass is 476 g/mol. The van der Waals surface area contributed by atoms with Gasteiger partial charge in [0.25, 0.3) is 0 Å². The van der Waals surface area contributed by atoms with Crippen LogP contribution >= 0.6 is 0 Å². The van der Waals surface area contributed by atoms with E-state index in [0.717, 1.165) is 94.3 Å². The highest BCUT2D eigenvalue weighted by atomic mass is 16.3. The van der Waals surface area contributed by atoms with Gasteiger partial charge in [0.15, 0.2) is 0 Å². The fraction of sp³-hybridized carbons (Fsp3) is 0.481. The van der Waals surface area contributed by atoms with E-state index >= 15 is 0 Å². The van der Waals surface area contributed by atoms with E-state index in [2.05, 4.69) is 50.0 Å². The molecule has 3 heterocycles. The number of rotatable bonds is 8. The molecule has 1 amide bonds. The number of anilines is 1. The van der Waals surface area contributed by atoms with Crippen molar-refractivity contribution >= 4 is 23.5 Å². The lowest BCUT2D eigenvalue weighted by molar-refractivity contribution is -0.133. The minimum Gasteiger partial charge on any atom is -0.395 e. The summed E-state index contributed by atoms with van der Waals surface area (Å²) in [7, 11) is 0. The molecule has 1 aliphatic carbocycles. The number of benzene rings is 1. The molecule has 2 saturated heterocycles. The van der Waals surface area contributed by atoms with Gasteiger partial charge in [0, 0.05) is 82.9 Å². The maximum absolute atomic E-state index is 12.4. The van der Waals surface area contributed by atoms with Gasteiger partial charge in [-0.15, -0.1) is 0 Å². The van der Waals surface area contributed by atoms with E-state index < -0.39 is 0 Å². The number of aliphatic hydroxyl groups excluding tert-OH is 1. The van der Waals surface area contributed by atoms with E-state index in [9.17, 15) is 4.79 Å². The molecule has 35 heavy (non-hydrogen) atoms. The minimum absolute atomic E-state index is 0.223. The molecule has 0 bridgehead atoms. The first-order valence-corrected chi connectivity index (χ1v) is 12.8. The molecule has 3 N–H and O–H groups in total. The van der Waals surface area contributed by atoms with Gasteiger partial charge < -0.3 is 30.2 Å². The Morgan fingerprint density at radius 3 is 2.29 bits per heavy atom. The molecular formula is C27H36N6O2. The Bertz CT molecular complexity index is 1040. The zero-order valence-corrected chi connectivity index (χ0v) is 20.3. The number of nitrogens with one attached hydrogen (secondary N) is 2. The van der Waals surface area contributed by atoms with E-state index in [-0.39, 0.29) is 12.5 Å². The third-order valence-electron chi connectivity index (χ3n) is 7.41. The molecule has 3 aliphatic rings. The summed E-state index contributed by atoms with van der Waals surface area (Å²) in [6.45, 7) is 7.95. The number of hydrogen-bond acceptors (Lipinski definition) is 6. The van der Waals surface area contributed by atoms with Crippen LogP contribution in [-0.2, 0) is 4.79 Å². The number of carbonyl (C=O) groups is 1. The first-order chi connectivity index (χ1) is 17.2. The van der Waals surface area contributed by atoms with Gasteiger partial charge in [-0.25, -0.2) is 0 Å². The summed E-state index contributed by atoms with van der Waals surface area (Å²) in [5.41, 5.74) is 5.51. The van der Waals surface area contributed by atoms with Crippen molar-refractivity contribution in [1.82, 2.24) is 19.7 Å². The number of allylic oxidation sites excluding steroid dienone is 1. The number of β-amino-alcohol motifs (C(OH)–C–C–N with tert-alkyl or cyclic N) is 1. The third-order valence-corrected chi connectivity index (χ3v) is 7.41. The van der Waals surface area contributed by atoms with Gasteiger partial charge in [0.05, 0.1) is 18.0 Å². The number of carbonyl (C=O) groups excluding carboxylic acids is 1. The van der Waals surface area contributed by atoms with Gasteiger partial charge >= 0.3 is 0 Å². The van der Waals surface area contributed by atoms with E-state index in [1.54, 1.807) is 0 Å². The van der Waals surface area contributed by atoms with E-state index in [1.165, 1.54) is 11.9 Å². The normalized spacial score (nSPS) is 19.8. The Morgan fingerprint density at radius 2 is 1.66 bits per heavy atom. The van der Waals surface area contributed by atoms with Crippen LogP contribution < -0.4 is 4.90 Å². The average molecular weight is 477 g/mol. The molecule has 0 atom stereocenters. The van der Waals surface area contributed by atoms with Crippen LogP contribution in [0.25, 0.3) is 16.8 Å². The Hall–Kier alpha value is -3.10. The highest BCUT2D eigenvalue weighted by molar-refractivity contribution is 5.83. The van der Waals surface area contributed by atoms with E-state index in [4.69, 9.17) is 10.5 Å². The number of H-pyrrole nitrogens is 1. The summed E-state index contributed by atoms with van der Waals surface area (Å²) in [6.07, 6.45) is 7.31. The van der Waals surface area contributed by atoms with Crippen LogP contribution in [0.15, 0.2) is 42.6 Å². The van der Waals surface area contributed by atoms with Crippen LogP contribution in [0.1, 0.15) is 18.5 Å². The van der Waals surface area contributed by atoms with Crippen LogP contribution in [0.2, 0.25) is 0 Å². The number of hydrogen-bond donors (Lipinski definition) is 3. The zero-order chi connectivity index (χ0) is 24.2. The molecule has 0 spiro atoms. The van der Waals surface area contributed by atoms with Gasteiger partial charge in [-0.2, -0.15) is 0 Å². The molecule has 8 nitrogen and oxygen atoms in total. The maximum Gasteiger partial charge on any atom is 0.225 e. The fourth-order valence-electron chi connectivity index (χ4n) is 5.15. The number of aromatic amines is 1. The van der Waals surface area contributed by atoms with Gasteiger partial charge in [-0.05, 0) is 48.2 Å². The van der Waals surface area contributed by atoms with Crippen LogP contribution in [-0.4, -0.2) is 102 Å². The van der Waals surface area contributed by atoms with Crippen molar-refractivity contribution in [2.24, 2.45) is 5.92 Å². The predicted octanol–water partition coefficient (Wildman–Crippen LogP) is 2.34. The lowest BCUT2D eigenvalue weighted by Crippen LogP contribution is -2.48. The minimum atomic E-state index is 0.223. The molecule has 5 rings (SSSR count). The summed E-state index contributed by atoms with van der Waals surface area (Å²) in [5.74, 6) is 0.589. The first-order valence-electron chi connectivity index (χ1n) is 12.8. The lowest BCUT2D eigenvalue weighted by Gasteiger charge is -2.37. The SMILES string of the molecule is N=C/C=C(\c1cc(-c2ccc(N3CCN(CCO)CC3)cc2)c[nH]1)N1CCN(C(=O)C2CC2)CC1. The van der Waals surface area contributed by atoms with Gasteiger partial charge in [-0.1, -0.05) is 12.1 Å². The highest BCUT2D eigenvalue weighted by Crippen LogP contribution is 2.32. The van der Waals surface area contributed by atoms with Crippen LogP contribution in [0.3, 0.4) is 0 Å². The van der Waals surface area contributed by atoms with Crippen molar-refractivity contribution in [3.8, 4) is 11.1 Å². The second-order valence-corrected chi connectivity index (χ2v) is 9.71. The Balaban J connectivity index is 1.22. The third kappa shape index (κ3) is 5.44. The van der Waals surface area contributed by atoms with Gasteiger partial charge in [0.2, 0.25) is 5.91 Å². The molecule has 3 fully saturated rings. The van der Waals surface area contributed by atoms with Gasteiger partial charge in [0.1, 0.15) is 0 Å². The first kappa shape index (κ1) is 23.6. The molecule has 1 saturated carbocycles. The fourth-order valence-corrected chi connectivity index (χ4v) is 5.15. The van der Waals surface area contributed by atoms with Crippen LogP contribution in [0.4, 0.5) is 5.69 Å². The van der Waals surface area contributed by atoms with Crippen molar-refractivity contribution in [3.63, 3.8) is 0 Å². The molecule has 8 heteroatoms. The molecule has 1 aromatic heterocycles. The largest absolute Gasteiger partial charge is 0.395 e. The standard InChI is InChI=1S/C27H36N6O2/c28-8-7-26(32-13-15-33(16-14-32)27(35)22-1-2-22)25-19-23(20-29-25)21-3-5-24(6-4-21)31-11-9-30(10-12-31)17-18-34/h3-8,19-20,22,28-29,34H,1-2,9-18H2/b26-7+,28-8?. The van der Waals surface area contributed by atoms with Crippen LogP contribution in [0.5, 0.6) is 0 Å². The van der Waals surface area contributed by atoms with Crippen molar-refractivity contribution in [3.05, 3.63) is 48.3 Å². The number of piperazine rings is 2. The molecule has 2 aromatic rings. The summed E-state index contributed by atoms with van der Waals surface area (Å²) in [4.78, 5) is 24.8. The van der Waals surface area contributed by atoms with Crippen molar-refractivity contribution in [2.75, 3.05) is 70.4 Å². The van der Waals surface area contributed by atoms with Crippen molar-refractivity contribution in [1.29, 1.82) is 5.41 Å². The smallest absolute Gasteiger partial charge is 0.225 e. The quantitative estimate of drug-likeness (QED) is 0.509. The summed E-state index contributed by atoms with van der Waals surface area (Å²) in [6, 6.07) is 10.9. The molecule has 2 aliphatic heterocycles. The topological polar surface area (TPSA) is 89.9 Å². The second kappa shape index (κ2) is 10.7. The number of amides is 1. The van der Waals surface area contributed by atoms with Crippen molar-refractivity contribution in [2.45, 2.75) is 12.8 Å². The number of aliphatic hydroxyl groups is 1. The second-order valence-electron chi connectivity index (χ2n) is 9.71. The Kier molecular flexibility index (Phi) is 7.20. The van der Waals surface area contributed by atoms with E-state index in [1.807, 2.05) is 17.2 Å². The predicted molar refractivity (Wildman–Crippen MR) is 140 cm³/mol. The Labute approximate surface area is 207 Å². The summed E-state index contributed by atoms with van der Waals surface area (Å²) < 4.78 is 0. The Morgan fingerprint density at radius 1 is 0.971 bits per heavy atom. The molecular weight excluding hydrogens is 440 g/mol. The van der Waals surface area contributed by atoms with Gasteiger partial charge in [-0.3, -0.25) is 9.69 Å². The molecule has 1 aromatic carbocycles. The van der Waals surface area contributed by atoms with Crippen molar-refractivity contribution < 1.29 is 9.90 Å². The lowest BCUT2D eigenvalue weighted by atomic mass is 10.1. The number of aromatic nitrogens is 1.